The number of hydrogen-bond acceptors (Lipinski definition) is 4. The maximum atomic E-state index is 12.4. The Morgan fingerprint density at radius 2 is 1.59 bits per heavy atom. The van der Waals surface area contributed by atoms with Crippen molar-refractivity contribution in [1.29, 1.82) is 0 Å². The summed E-state index contributed by atoms with van der Waals surface area (Å²) in [6.45, 7) is 4.79. The van der Waals surface area contributed by atoms with Gasteiger partial charge in [-0.05, 0) is 36.8 Å². The third-order valence-corrected chi connectivity index (χ3v) is 4.88. The van der Waals surface area contributed by atoms with Crippen molar-refractivity contribution in [2.24, 2.45) is 0 Å². The number of ketones is 1. The molecule has 6 nitrogen and oxygen atoms in total. The Labute approximate surface area is 170 Å². The molecule has 0 radical (unpaired) electrons. The van der Waals surface area contributed by atoms with Crippen molar-refractivity contribution in [3.63, 3.8) is 0 Å². The van der Waals surface area contributed by atoms with Crippen LogP contribution in [0.3, 0.4) is 0 Å². The van der Waals surface area contributed by atoms with Gasteiger partial charge >= 0.3 is 11.8 Å². The molecule has 2 aromatic rings. The quantitative estimate of drug-likeness (QED) is 0.629. The number of piperazine rings is 1. The Morgan fingerprint density at radius 1 is 0.931 bits per heavy atom. The van der Waals surface area contributed by atoms with E-state index in [4.69, 9.17) is 0 Å². The molecule has 0 bridgehead atoms. The Bertz CT molecular complexity index is 883. The van der Waals surface area contributed by atoms with E-state index in [0.29, 0.717) is 24.3 Å². The first-order valence-electron chi connectivity index (χ1n) is 9.68. The number of benzene rings is 2. The molecule has 1 saturated heterocycles. The summed E-state index contributed by atoms with van der Waals surface area (Å²) in [5.41, 5.74) is 2.22. The van der Waals surface area contributed by atoms with Gasteiger partial charge in [0.05, 0.1) is 0 Å². The number of Topliss-reactive ketones (excluding diaryl/α,β-unsaturated/α-hetero) is 1. The normalized spacial score (nSPS) is 14.7. The third kappa shape index (κ3) is 5.86. The van der Waals surface area contributed by atoms with Gasteiger partial charge in [0, 0.05) is 44.0 Å². The standard InChI is InChI=1S/C23H25N3O3/c1-18(27)20-9-11-21(12-10-20)24-22(28)23(29)26-16-14-25(15-17-26)13-5-8-19-6-3-2-4-7-19/h2-12H,13-17H2,1H3,(H,24,28)/b8-5+. The van der Waals surface area contributed by atoms with Crippen LogP contribution >= 0.6 is 0 Å². The van der Waals surface area contributed by atoms with Gasteiger partial charge in [0.1, 0.15) is 0 Å². The lowest BCUT2D eigenvalue weighted by atomic mass is 10.1. The van der Waals surface area contributed by atoms with Gasteiger partial charge in [0.25, 0.3) is 0 Å². The van der Waals surface area contributed by atoms with Gasteiger partial charge in [-0.3, -0.25) is 19.3 Å². The van der Waals surface area contributed by atoms with Crippen LogP contribution in [0.25, 0.3) is 6.08 Å². The van der Waals surface area contributed by atoms with Crippen molar-refractivity contribution in [2.75, 3.05) is 38.0 Å². The minimum atomic E-state index is -0.655. The van der Waals surface area contributed by atoms with Crippen LogP contribution < -0.4 is 5.32 Å². The van der Waals surface area contributed by atoms with Crippen molar-refractivity contribution < 1.29 is 14.4 Å². The molecule has 1 aliphatic heterocycles. The average Bonchev–Trinajstić information content (AvgIpc) is 2.75. The van der Waals surface area contributed by atoms with Crippen molar-refractivity contribution in [3.8, 4) is 0 Å². The number of carbonyl (C=O) groups excluding carboxylic acids is 3. The summed E-state index contributed by atoms with van der Waals surface area (Å²) in [6.07, 6.45) is 4.20. The average molecular weight is 391 g/mol. The maximum absolute atomic E-state index is 12.4. The number of nitrogens with one attached hydrogen (secondary N) is 1. The van der Waals surface area contributed by atoms with E-state index in [1.165, 1.54) is 6.92 Å². The Morgan fingerprint density at radius 3 is 2.21 bits per heavy atom. The van der Waals surface area contributed by atoms with Gasteiger partial charge in [-0.2, -0.15) is 0 Å². The van der Waals surface area contributed by atoms with E-state index < -0.39 is 11.8 Å². The Kier molecular flexibility index (Phi) is 6.92. The van der Waals surface area contributed by atoms with Crippen molar-refractivity contribution in [1.82, 2.24) is 9.80 Å². The highest BCUT2D eigenvalue weighted by atomic mass is 16.2. The molecule has 1 fully saturated rings. The lowest BCUT2D eigenvalue weighted by Crippen LogP contribution is -2.51. The molecule has 0 atom stereocenters. The van der Waals surface area contributed by atoms with Crippen LogP contribution in [0.1, 0.15) is 22.8 Å². The van der Waals surface area contributed by atoms with Gasteiger partial charge in [-0.1, -0.05) is 42.5 Å². The molecular formula is C23H25N3O3. The lowest BCUT2D eigenvalue weighted by molar-refractivity contribution is -0.144. The lowest BCUT2D eigenvalue weighted by Gasteiger charge is -2.33. The van der Waals surface area contributed by atoms with Crippen molar-refractivity contribution in [3.05, 3.63) is 71.8 Å². The second-order valence-electron chi connectivity index (χ2n) is 6.99. The molecule has 3 rings (SSSR count). The highest BCUT2D eigenvalue weighted by molar-refractivity contribution is 6.39. The summed E-state index contributed by atoms with van der Waals surface area (Å²) < 4.78 is 0. The number of rotatable bonds is 5. The highest BCUT2D eigenvalue weighted by Gasteiger charge is 2.25. The predicted molar refractivity (Wildman–Crippen MR) is 114 cm³/mol. The largest absolute Gasteiger partial charge is 0.332 e. The number of amides is 2. The van der Waals surface area contributed by atoms with E-state index in [9.17, 15) is 14.4 Å². The molecule has 1 aliphatic rings. The Balaban J connectivity index is 1.44. The SMILES string of the molecule is CC(=O)c1ccc(NC(=O)C(=O)N2CCN(C/C=C/c3ccccc3)CC2)cc1. The first kappa shape index (κ1) is 20.5. The van der Waals surface area contributed by atoms with E-state index in [-0.39, 0.29) is 5.78 Å². The molecule has 0 aromatic heterocycles. The van der Waals surface area contributed by atoms with E-state index >= 15 is 0 Å². The van der Waals surface area contributed by atoms with Crippen LogP contribution in [0, 0.1) is 0 Å². The second-order valence-corrected chi connectivity index (χ2v) is 6.99. The second kappa shape index (κ2) is 9.80. The molecule has 0 spiro atoms. The fourth-order valence-corrected chi connectivity index (χ4v) is 3.15. The van der Waals surface area contributed by atoms with Crippen LogP contribution in [0.15, 0.2) is 60.7 Å². The van der Waals surface area contributed by atoms with Crippen LogP contribution in [-0.4, -0.2) is 60.1 Å². The summed E-state index contributed by atoms with van der Waals surface area (Å²) in [5, 5.41) is 2.60. The molecule has 29 heavy (non-hydrogen) atoms. The van der Waals surface area contributed by atoms with Crippen LogP contribution in [0.5, 0.6) is 0 Å². The minimum absolute atomic E-state index is 0.0459. The number of anilines is 1. The maximum Gasteiger partial charge on any atom is 0.313 e. The fourth-order valence-electron chi connectivity index (χ4n) is 3.15. The molecule has 0 aliphatic carbocycles. The van der Waals surface area contributed by atoms with Gasteiger partial charge in [0.15, 0.2) is 5.78 Å². The molecule has 1 heterocycles. The molecular weight excluding hydrogens is 366 g/mol. The highest BCUT2D eigenvalue weighted by Crippen LogP contribution is 2.11. The number of hydrogen-bond donors (Lipinski definition) is 1. The molecule has 2 amide bonds. The van der Waals surface area contributed by atoms with E-state index in [1.54, 1.807) is 29.2 Å². The summed E-state index contributed by atoms with van der Waals surface area (Å²) in [7, 11) is 0. The topological polar surface area (TPSA) is 69.7 Å². The first-order chi connectivity index (χ1) is 14.0. The van der Waals surface area contributed by atoms with Crippen molar-refractivity contribution >= 4 is 29.4 Å². The van der Waals surface area contributed by atoms with E-state index in [1.807, 2.05) is 18.2 Å². The van der Waals surface area contributed by atoms with Gasteiger partial charge < -0.3 is 10.2 Å². The van der Waals surface area contributed by atoms with Crippen LogP contribution in [0.2, 0.25) is 0 Å². The zero-order valence-electron chi connectivity index (χ0n) is 16.5. The number of carbonyl (C=O) groups is 3. The summed E-state index contributed by atoms with van der Waals surface area (Å²) in [4.78, 5) is 39.8. The van der Waals surface area contributed by atoms with E-state index in [0.717, 1.165) is 25.2 Å². The number of nitrogens with zero attached hydrogens (tertiary/aromatic N) is 2. The zero-order chi connectivity index (χ0) is 20.6. The molecule has 6 heteroatoms. The first-order valence-corrected chi connectivity index (χ1v) is 9.68. The van der Waals surface area contributed by atoms with E-state index in [2.05, 4.69) is 34.5 Å². The van der Waals surface area contributed by atoms with Crippen LogP contribution in [-0.2, 0) is 9.59 Å². The van der Waals surface area contributed by atoms with Gasteiger partial charge in [0.2, 0.25) is 0 Å². The molecule has 1 N–H and O–H groups in total. The summed E-state index contributed by atoms with van der Waals surface area (Å²) in [5.74, 6) is -1.23. The monoisotopic (exact) mass is 391 g/mol. The zero-order valence-corrected chi connectivity index (χ0v) is 16.5. The molecule has 0 unspecified atom stereocenters. The summed E-state index contributed by atoms with van der Waals surface area (Å²) >= 11 is 0. The fraction of sp³-hybridized carbons (Fsp3) is 0.261. The predicted octanol–water partition coefficient (Wildman–Crippen LogP) is 2.69. The molecule has 150 valence electrons. The van der Waals surface area contributed by atoms with Gasteiger partial charge in [-0.25, -0.2) is 0 Å². The molecule has 0 saturated carbocycles. The Hall–Kier alpha value is -3.25. The summed E-state index contributed by atoms with van der Waals surface area (Å²) in [6, 6.07) is 16.6. The minimum Gasteiger partial charge on any atom is -0.332 e. The molecule has 2 aromatic carbocycles. The van der Waals surface area contributed by atoms with Crippen LogP contribution in [0.4, 0.5) is 5.69 Å². The smallest absolute Gasteiger partial charge is 0.313 e. The van der Waals surface area contributed by atoms with Crippen molar-refractivity contribution in [2.45, 2.75) is 6.92 Å². The van der Waals surface area contributed by atoms with Gasteiger partial charge in [-0.15, -0.1) is 0 Å². The third-order valence-electron chi connectivity index (χ3n) is 4.88.